The third-order valence-electron chi connectivity index (χ3n) is 2.25. The van der Waals surface area contributed by atoms with E-state index < -0.39 is 22.6 Å². The maximum Gasteiger partial charge on any atom is 0.412 e. The lowest BCUT2D eigenvalue weighted by molar-refractivity contribution is -0.383. The maximum absolute atomic E-state index is 11.7. The molecule has 1 N–H and O–H groups in total. The largest absolute Gasteiger partial charge is 0.465 e. The van der Waals surface area contributed by atoms with Crippen LogP contribution in [0.5, 0.6) is 0 Å². The standard InChI is InChI=1S/C13H16N2O6/c1-13(2,3)21-12(17)14-9-7-8(11(16)20-4)5-6-10(9)15(18)19/h5-7H,1-4H3,(H,14,17). The minimum atomic E-state index is -0.854. The fourth-order valence-electron chi connectivity index (χ4n) is 1.45. The molecule has 0 unspecified atom stereocenters. The van der Waals surface area contributed by atoms with Gasteiger partial charge in [0.2, 0.25) is 0 Å². The smallest absolute Gasteiger partial charge is 0.412 e. The summed E-state index contributed by atoms with van der Waals surface area (Å²) in [7, 11) is 1.19. The molecule has 1 amide bonds. The van der Waals surface area contributed by atoms with Gasteiger partial charge >= 0.3 is 12.1 Å². The molecule has 0 saturated carbocycles. The summed E-state index contributed by atoms with van der Waals surface area (Å²) in [5, 5.41) is 13.2. The Morgan fingerprint density at radius 1 is 1.29 bits per heavy atom. The highest BCUT2D eigenvalue weighted by Gasteiger charge is 2.22. The molecule has 0 aliphatic carbocycles. The average Bonchev–Trinajstić information content (AvgIpc) is 2.34. The third-order valence-corrected chi connectivity index (χ3v) is 2.25. The number of carbonyl (C=O) groups is 2. The van der Waals surface area contributed by atoms with Crippen molar-refractivity contribution in [3.05, 3.63) is 33.9 Å². The number of ether oxygens (including phenoxy) is 2. The Kier molecular flexibility index (Phi) is 4.85. The highest BCUT2D eigenvalue weighted by molar-refractivity contribution is 5.94. The number of nitrogens with zero attached hydrogens (tertiary/aromatic N) is 1. The molecule has 0 radical (unpaired) electrons. The van der Waals surface area contributed by atoms with Crippen molar-refractivity contribution in [3.8, 4) is 0 Å². The molecule has 0 atom stereocenters. The van der Waals surface area contributed by atoms with Crippen LogP contribution in [-0.2, 0) is 9.47 Å². The van der Waals surface area contributed by atoms with Crippen LogP contribution in [-0.4, -0.2) is 29.7 Å². The number of benzene rings is 1. The van der Waals surface area contributed by atoms with Crippen LogP contribution >= 0.6 is 0 Å². The molecular formula is C13H16N2O6. The van der Waals surface area contributed by atoms with Gasteiger partial charge in [-0.3, -0.25) is 15.4 Å². The number of nitrogens with one attached hydrogen (secondary N) is 1. The van der Waals surface area contributed by atoms with Crippen molar-refractivity contribution in [2.75, 3.05) is 12.4 Å². The molecule has 0 saturated heterocycles. The Hall–Kier alpha value is -2.64. The normalized spacial score (nSPS) is 10.7. The van der Waals surface area contributed by atoms with Crippen LogP contribution in [0.1, 0.15) is 31.1 Å². The highest BCUT2D eigenvalue weighted by atomic mass is 16.6. The van der Waals surface area contributed by atoms with Gasteiger partial charge in [-0.1, -0.05) is 0 Å². The van der Waals surface area contributed by atoms with E-state index in [2.05, 4.69) is 10.1 Å². The molecule has 21 heavy (non-hydrogen) atoms. The minimum absolute atomic E-state index is 0.0779. The van der Waals surface area contributed by atoms with Crippen LogP contribution in [0.15, 0.2) is 18.2 Å². The summed E-state index contributed by atoms with van der Waals surface area (Å²) in [6.07, 6.45) is -0.854. The molecule has 0 heterocycles. The predicted molar refractivity (Wildman–Crippen MR) is 74.3 cm³/mol. The fraction of sp³-hybridized carbons (Fsp3) is 0.385. The first-order valence-electron chi connectivity index (χ1n) is 6.01. The number of hydrogen-bond acceptors (Lipinski definition) is 6. The van der Waals surface area contributed by atoms with Crippen molar-refractivity contribution in [2.45, 2.75) is 26.4 Å². The van der Waals surface area contributed by atoms with Crippen molar-refractivity contribution in [1.29, 1.82) is 0 Å². The van der Waals surface area contributed by atoms with E-state index in [4.69, 9.17) is 4.74 Å². The van der Waals surface area contributed by atoms with Crippen molar-refractivity contribution in [2.24, 2.45) is 0 Å². The van der Waals surface area contributed by atoms with E-state index in [1.54, 1.807) is 20.8 Å². The zero-order chi connectivity index (χ0) is 16.2. The van der Waals surface area contributed by atoms with Gasteiger partial charge in [-0.25, -0.2) is 9.59 Å². The first-order valence-corrected chi connectivity index (χ1v) is 6.01. The Labute approximate surface area is 121 Å². The number of anilines is 1. The van der Waals surface area contributed by atoms with E-state index in [9.17, 15) is 19.7 Å². The van der Waals surface area contributed by atoms with Gasteiger partial charge in [0.1, 0.15) is 11.3 Å². The summed E-state index contributed by atoms with van der Waals surface area (Å²) < 4.78 is 9.54. The molecule has 0 aliphatic heterocycles. The molecule has 1 rings (SSSR count). The van der Waals surface area contributed by atoms with Crippen molar-refractivity contribution in [1.82, 2.24) is 0 Å². The van der Waals surface area contributed by atoms with Gasteiger partial charge in [0.15, 0.2) is 0 Å². The lowest BCUT2D eigenvalue weighted by atomic mass is 10.1. The highest BCUT2D eigenvalue weighted by Crippen LogP contribution is 2.26. The Morgan fingerprint density at radius 2 is 1.90 bits per heavy atom. The number of hydrogen-bond donors (Lipinski definition) is 1. The molecule has 1 aromatic carbocycles. The minimum Gasteiger partial charge on any atom is -0.465 e. The van der Waals surface area contributed by atoms with Crippen LogP contribution in [0.3, 0.4) is 0 Å². The summed E-state index contributed by atoms with van der Waals surface area (Å²) in [5.41, 5.74) is -1.17. The number of esters is 1. The van der Waals surface area contributed by atoms with Gasteiger partial charge < -0.3 is 9.47 Å². The second-order valence-electron chi connectivity index (χ2n) is 5.11. The van der Waals surface area contributed by atoms with E-state index in [0.717, 1.165) is 12.1 Å². The Bertz CT molecular complexity index is 577. The quantitative estimate of drug-likeness (QED) is 0.522. The zero-order valence-corrected chi connectivity index (χ0v) is 12.1. The summed E-state index contributed by atoms with van der Waals surface area (Å²) in [6, 6.07) is 3.51. The topological polar surface area (TPSA) is 108 Å². The SMILES string of the molecule is COC(=O)c1ccc([N+](=O)[O-])c(NC(=O)OC(C)(C)C)c1. The number of rotatable bonds is 3. The van der Waals surface area contributed by atoms with E-state index >= 15 is 0 Å². The van der Waals surface area contributed by atoms with E-state index in [0.29, 0.717) is 0 Å². The zero-order valence-electron chi connectivity index (χ0n) is 12.1. The van der Waals surface area contributed by atoms with Crippen LogP contribution in [0.2, 0.25) is 0 Å². The van der Waals surface area contributed by atoms with E-state index in [-0.39, 0.29) is 16.9 Å². The summed E-state index contributed by atoms with van der Waals surface area (Å²) in [4.78, 5) is 33.4. The molecule has 1 aromatic rings. The predicted octanol–water partition coefficient (Wildman–Crippen LogP) is 2.73. The van der Waals surface area contributed by atoms with Gasteiger partial charge in [0, 0.05) is 6.07 Å². The monoisotopic (exact) mass is 296 g/mol. The van der Waals surface area contributed by atoms with Crippen molar-refractivity contribution >= 4 is 23.4 Å². The summed E-state index contributed by atoms with van der Waals surface area (Å²) >= 11 is 0. The molecule has 8 nitrogen and oxygen atoms in total. The van der Waals surface area contributed by atoms with Gasteiger partial charge in [0.05, 0.1) is 17.6 Å². The van der Waals surface area contributed by atoms with Crippen molar-refractivity contribution in [3.63, 3.8) is 0 Å². The van der Waals surface area contributed by atoms with Crippen molar-refractivity contribution < 1.29 is 24.0 Å². The number of methoxy groups -OCH3 is 1. The summed E-state index contributed by atoms with van der Waals surface area (Å²) in [5.74, 6) is -0.669. The second-order valence-corrected chi connectivity index (χ2v) is 5.11. The van der Waals surface area contributed by atoms with Crippen LogP contribution in [0.25, 0.3) is 0 Å². The lowest BCUT2D eigenvalue weighted by Crippen LogP contribution is -2.27. The number of amides is 1. The number of carbonyl (C=O) groups excluding carboxylic acids is 2. The number of nitro groups is 1. The Morgan fingerprint density at radius 3 is 2.38 bits per heavy atom. The van der Waals surface area contributed by atoms with Crippen LogP contribution in [0.4, 0.5) is 16.2 Å². The number of nitro benzene ring substituents is 1. The molecule has 0 bridgehead atoms. The molecule has 0 aromatic heterocycles. The molecule has 8 heteroatoms. The average molecular weight is 296 g/mol. The molecule has 0 spiro atoms. The van der Waals surface area contributed by atoms with Crippen LogP contribution in [0, 0.1) is 10.1 Å². The second kappa shape index (κ2) is 6.21. The fourth-order valence-corrected chi connectivity index (χ4v) is 1.45. The third kappa shape index (κ3) is 4.75. The molecule has 114 valence electrons. The molecular weight excluding hydrogens is 280 g/mol. The molecule has 0 aliphatic rings. The Balaban J connectivity index is 3.09. The van der Waals surface area contributed by atoms with Gasteiger partial charge in [-0.15, -0.1) is 0 Å². The van der Waals surface area contributed by atoms with E-state index in [1.807, 2.05) is 0 Å². The maximum atomic E-state index is 11.7. The summed E-state index contributed by atoms with van der Waals surface area (Å²) in [6.45, 7) is 4.98. The first-order chi connectivity index (χ1) is 9.64. The lowest BCUT2D eigenvalue weighted by Gasteiger charge is -2.19. The molecule has 0 fully saturated rings. The van der Waals surface area contributed by atoms with Gasteiger partial charge in [0.25, 0.3) is 5.69 Å². The van der Waals surface area contributed by atoms with Gasteiger partial charge in [-0.2, -0.15) is 0 Å². The van der Waals surface area contributed by atoms with E-state index in [1.165, 1.54) is 13.2 Å². The van der Waals surface area contributed by atoms with Crippen LogP contribution < -0.4 is 5.32 Å². The first kappa shape index (κ1) is 16.4. The van der Waals surface area contributed by atoms with Gasteiger partial charge in [-0.05, 0) is 32.9 Å².